The first kappa shape index (κ1) is 23.8. The predicted octanol–water partition coefficient (Wildman–Crippen LogP) is 4.09. The number of rotatable bonds is 7. The van der Waals surface area contributed by atoms with Gasteiger partial charge in [-0.1, -0.05) is 30.0 Å². The van der Waals surface area contributed by atoms with Crippen LogP contribution in [-0.4, -0.2) is 69.7 Å². The molecule has 2 aliphatic rings. The van der Waals surface area contributed by atoms with Crippen molar-refractivity contribution in [2.45, 2.75) is 42.8 Å². The number of nitrogens with zero attached hydrogens (tertiary/aromatic N) is 5. The van der Waals surface area contributed by atoms with E-state index in [1.807, 2.05) is 34.6 Å². The van der Waals surface area contributed by atoms with Crippen molar-refractivity contribution < 1.29 is 13.9 Å². The van der Waals surface area contributed by atoms with E-state index in [9.17, 15) is 9.18 Å². The number of benzene rings is 2. The minimum absolute atomic E-state index is 0.0848. The van der Waals surface area contributed by atoms with Crippen LogP contribution in [0.4, 0.5) is 10.1 Å². The van der Waals surface area contributed by atoms with Gasteiger partial charge in [0.05, 0.1) is 17.9 Å². The molecule has 0 radical (unpaired) electrons. The summed E-state index contributed by atoms with van der Waals surface area (Å²) in [5.41, 5.74) is 1.98. The minimum atomic E-state index is -0.299. The van der Waals surface area contributed by atoms with Crippen molar-refractivity contribution in [1.29, 1.82) is 0 Å². The highest BCUT2D eigenvalue weighted by atomic mass is 32.2. The second-order valence-corrected chi connectivity index (χ2v) is 10.3. The summed E-state index contributed by atoms with van der Waals surface area (Å²) in [5.74, 6) is 0.483. The maximum atomic E-state index is 13.5. The number of anilines is 1. The number of hydrogen-bond acceptors (Lipinski definition) is 6. The lowest BCUT2D eigenvalue weighted by atomic mass is 10.2. The molecule has 2 aromatic carbocycles. The molecule has 9 heteroatoms. The summed E-state index contributed by atoms with van der Waals surface area (Å²) in [6.45, 7) is 6.32. The minimum Gasteiger partial charge on any atom is -0.376 e. The van der Waals surface area contributed by atoms with E-state index in [1.165, 1.54) is 29.6 Å². The van der Waals surface area contributed by atoms with Gasteiger partial charge in [-0.25, -0.2) is 4.39 Å². The molecule has 2 saturated heterocycles. The Hall–Kier alpha value is -2.91. The van der Waals surface area contributed by atoms with E-state index in [2.05, 4.69) is 27.2 Å². The highest BCUT2D eigenvalue weighted by Crippen LogP contribution is 2.30. The molecule has 3 heterocycles. The molecule has 1 aromatic heterocycles. The molecule has 0 saturated carbocycles. The van der Waals surface area contributed by atoms with Gasteiger partial charge in [-0.15, -0.1) is 10.2 Å². The van der Waals surface area contributed by atoms with E-state index in [0.717, 1.165) is 38.1 Å². The Balaban J connectivity index is 1.28. The summed E-state index contributed by atoms with van der Waals surface area (Å²) in [5, 5.41) is 9.22. The molecule has 7 nitrogen and oxygen atoms in total. The van der Waals surface area contributed by atoms with Crippen LogP contribution in [0.3, 0.4) is 0 Å². The maximum Gasteiger partial charge on any atom is 0.236 e. The van der Waals surface area contributed by atoms with E-state index >= 15 is 0 Å². The molecule has 0 N–H and O–H groups in total. The van der Waals surface area contributed by atoms with Gasteiger partial charge in [0.25, 0.3) is 0 Å². The van der Waals surface area contributed by atoms with Gasteiger partial charge in [0.1, 0.15) is 5.82 Å². The smallest absolute Gasteiger partial charge is 0.236 e. The molecule has 2 atom stereocenters. The lowest BCUT2D eigenvalue weighted by Gasteiger charge is -2.37. The fraction of sp³-hybridized carbons (Fsp3) is 0.423. The Morgan fingerprint density at radius 3 is 2.51 bits per heavy atom. The zero-order valence-corrected chi connectivity index (χ0v) is 20.7. The molecule has 35 heavy (non-hydrogen) atoms. The van der Waals surface area contributed by atoms with Crippen LogP contribution in [-0.2, 0) is 16.1 Å². The number of ether oxygens (including phenoxy) is 1. The summed E-state index contributed by atoms with van der Waals surface area (Å²) >= 11 is 1.43. The van der Waals surface area contributed by atoms with Crippen LogP contribution >= 0.6 is 11.8 Å². The molecule has 1 amide bonds. The molecule has 0 unspecified atom stereocenters. The summed E-state index contributed by atoms with van der Waals surface area (Å²) in [6, 6.07) is 16.6. The zero-order valence-electron chi connectivity index (χ0n) is 19.8. The van der Waals surface area contributed by atoms with Gasteiger partial charge in [0, 0.05) is 44.0 Å². The van der Waals surface area contributed by atoms with Crippen molar-refractivity contribution >= 4 is 23.4 Å². The molecular weight excluding hydrogens is 465 g/mol. The number of halogens is 1. The Morgan fingerprint density at radius 1 is 1.09 bits per heavy atom. The van der Waals surface area contributed by atoms with Crippen molar-refractivity contribution in [2.24, 2.45) is 0 Å². The summed E-state index contributed by atoms with van der Waals surface area (Å²) < 4.78 is 21.4. The van der Waals surface area contributed by atoms with Crippen LogP contribution in [0.5, 0.6) is 0 Å². The van der Waals surface area contributed by atoms with Gasteiger partial charge in [-0.05, 0) is 56.2 Å². The van der Waals surface area contributed by atoms with Gasteiger partial charge in [0.2, 0.25) is 5.91 Å². The third kappa shape index (κ3) is 5.51. The summed E-state index contributed by atoms with van der Waals surface area (Å²) in [6.07, 6.45) is 2.10. The molecule has 2 aliphatic heterocycles. The van der Waals surface area contributed by atoms with E-state index in [0.29, 0.717) is 30.6 Å². The van der Waals surface area contributed by atoms with Crippen LogP contribution in [0, 0.1) is 5.82 Å². The summed E-state index contributed by atoms with van der Waals surface area (Å²) in [7, 11) is 0. The van der Waals surface area contributed by atoms with E-state index in [4.69, 9.17) is 4.74 Å². The predicted molar refractivity (Wildman–Crippen MR) is 135 cm³/mol. The maximum absolute atomic E-state index is 13.5. The van der Waals surface area contributed by atoms with Gasteiger partial charge >= 0.3 is 0 Å². The van der Waals surface area contributed by atoms with Gasteiger partial charge in [-0.2, -0.15) is 0 Å². The Kier molecular flexibility index (Phi) is 7.34. The Morgan fingerprint density at radius 2 is 1.83 bits per heavy atom. The quantitative estimate of drug-likeness (QED) is 0.460. The van der Waals surface area contributed by atoms with Crippen molar-refractivity contribution in [3.8, 4) is 11.4 Å². The molecule has 5 rings (SSSR count). The van der Waals surface area contributed by atoms with Crippen molar-refractivity contribution in [3.63, 3.8) is 0 Å². The molecule has 3 aromatic rings. The lowest BCUT2D eigenvalue weighted by Crippen LogP contribution is -2.50. The Labute approximate surface area is 209 Å². The molecule has 0 aliphatic carbocycles. The first-order valence-corrected chi connectivity index (χ1v) is 13.0. The number of para-hydroxylation sites is 1. The number of amides is 1. The van der Waals surface area contributed by atoms with Crippen LogP contribution in [0.1, 0.15) is 19.8 Å². The number of piperazine rings is 1. The van der Waals surface area contributed by atoms with Crippen molar-refractivity contribution in [2.75, 3.05) is 37.7 Å². The number of thioether (sulfide) groups is 1. The summed E-state index contributed by atoms with van der Waals surface area (Å²) in [4.78, 5) is 17.5. The monoisotopic (exact) mass is 495 g/mol. The van der Waals surface area contributed by atoms with Gasteiger partial charge in [-0.3, -0.25) is 9.36 Å². The number of carbonyl (C=O) groups excluding carboxylic acids is 1. The average Bonchev–Trinajstić information content (AvgIpc) is 3.55. The number of hydrogen-bond donors (Lipinski definition) is 0. The number of aromatic nitrogens is 3. The standard InChI is InChI=1S/C26H30FN5O2S/c1-19(25(33)31-15-13-30(14-16-31)22-6-3-2-4-7-22)35-26-29-28-24(20-9-11-21(27)12-10-20)32(26)18-23-8-5-17-34-23/h2-4,6-7,9-12,19,23H,5,8,13-18H2,1H3/t19-,23+/m1/s1. The third-order valence-electron chi connectivity index (χ3n) is 6.57. The third-order valence-corrected chi connectivity index (χ3v) is 7.64. The van der Waals surface area contributed by atoms with E-state index in [1.54, 1.807) is 12.1 Å². The highest BCUT2D eigenvalue weighted by molar-refractivity contribution is 8.00. The van der Waals surface area contributed by atoms with Crippen LogP contribution in [0.25, 0.3) is 11.4 Å². The Bertz CT molecular complexity index is 1130. The first-order valence-electron chi connectivity index (χ1n) is 12.1. The second kappa shape index (κ2) is 10.8. The van der Waals surface area contributed by atoms with E-state index in [-0.39, 0.29) is 23.1 Å². The first-order chi connectivity index (χ1) is 17.1. The molecule has 2 fully saturated rings. The molecular formula is C26H30FN5O2S. The van der Waals surface area contributed by atoms with Crippen LogP contribution in [0.15, 0.2) is 59.8 Å². The largest absolute Gasteiger partial charge is 0.376 e. The second-order valence-electron chi connectivity index (χ2n) is 8.97. The normalized spacial score (nSPS) is 19.2. The fourth-order valence-electron chi connectivity index (χ4n) is 4.63. The number of carbonyl (C=O) groups is 1. The van der Waals surface area contributed by atoms with Gasteiger partial charge < -0.3 is 14.5 Å². The van der Waals surface area contributed by atoms with Crippen molar-refractivity contribution in [1.82, 2.24) is 19.7 Å². The molecule has 0 bridgehead atoms. The molecule has 184 valence electrons. The molecule has 0 spiro atoms. The van der Waals surface area contributed by atoms with Crippen LogP contribution in [0.2, 0.25) is 0 Å². The van der Waals surface area contributed by atoms with Gasteiger partial charge in [0.15, 0.2) is 11.0 Å². The van der Waals surface area contributed by atoms with Crippen LogP contribution < -0.4 is 4.90 Å². The SMILES string of the molecule is C[C@@H](Sc1nnc(-c2ccc(F)cc2)n1C[C@@H]1CCCO1)C(=O)N1CCN(c2ccccc2)CC1. The lowest BCUT2D eigenvalue weighted by molar-refractivity contribution is -0.130. The van der Waals surface area contributed by atoms with E-state index < -0.39 is 0 Å². The fourth-order valence-corrected chi connectivity index (χ4v) is 5.58. The van der Waals surface area contributed by atoms with Crippen molar-refractivity contribution in [3.05, 3.63) is 60.4 Å². The average molecular weight is 496 g/mol. The topological polar surface area (TPSA) is 63.5 Å². The zero-order chi connectivity index (χ0) is 24.2. The highest BCUT2D eigenvalue weighted by Gasteiger charge is 2.28.